The monoisotopic (exact) mass is 385 g/mol. The van der Waals surface area contributed by atoms with Crippen molar-refractivity contribution in [2.75, 3.05) is 19.0 Å². The number of amides is 1. The van der Waals surface area contributed by atoms with Crippen LogP contribution in [-0.2, 0) is 14.3 Å². The molecule has 28 heavy (non-hydrogen) atoms. The summed E-state index contributed by atoms with van der Waals surface area (Å²) in [7, 11) is 1.47. The van der Waals surface area contributed by atoms with Crippen LogP contribution in [0, 0.1) is 18.3 Å². The molecule has 9 nitrogen and oxygen atoms in total. The zero-order chi connectivity index (χ0) is 20.5. The minimum Gasteiger partial charge on any atom is -0.493 e. The van der Waals surface area contributed by atoms with Gasteiger partial charge in [-0.15, -0.1) is 0 Å². The van der Waals surface area contributed by atoms with Crippen molar-refractivity contribution < 1.29 is 28.3 Å². The summed E-state index contributed by atoms with van der Waals surface area (Å²) < 4.78 is 20.3. The predicted octanol–water partition coefficient (Wildman–Crippen LogP) is 2.48. The second-order valence-corrected chi connectivity index (χ2v) is 5.58. The molecule has 2 rings (SSSR count). The number of nitrogens with one attached hydrogen (secondary N) is 1. The summed E-state index contributed by atoms with van der Waals surface area (Å²) in [6.45, 7) is 3.03. The third-order valence-electron chi connectivity index (χ3n) is 3.43. The molecule has 146 valence electrons. The minimum atomic E-state index is -1.02. The molecule has 1 heterocycles. The fraction of sp³-hybridized carbons (Fsp3) is 0.263. The van der Waals surface area contributed by atoms with Crippen LogP contribution in [-0.4, -0.2) is 36.9 Å². The second-order valence-electron chi connectivity index (χ2n) is 5.58. The Kier molecular flexibility index (Phi) is 7.16. The zero-order valence-electron chi connectivity index (χ0n) is 15.6. The van der Waals surface area contributed by atoms with E-state index in [0.717, 1.165) is 0 Å². The summed E-state index contributed by atoms with van der Waals surface area (Å²) in [5.41, 5.74) is 0.647. The number of hydrogen-bond acceptors (Lipinski definition) is 8. The van der Waals surface area contributed by atoms with Crippen molar-refractivity contribution in [2.45, 2.75) is 20.0 Å². The van der Waals surface area contributed by atoms with Crippen LogP contribution in [0.4, 0.5) is 5.82 Å². The summed E-state index contributed by atoms with van der Waals surface area (Å²) in [6, 6.07) is 8.36. The van der Waals surface area contributed by atoms with Gasteiger partial charge < -0.3 is 24.1 Å². The Morgan fingerprint density at radius 3 is 2.79 bits per heavy atom. The Hall–Kier alpha value is -3.80. The second kappa shape index (κ2) is 9.78. The molecule has 0 aliphatic rings. The topological polar surface area (TPSA) is 124 Å². The highest BCUT2D eigenvalue weighted by Gasteiger charge is 2.18. The first kappa shape index (κ1) is 20.5. The molecule has 0 aliphatic heterocycles. The maximum Gasteiger partial charge on any atom is 0.331 e. The van der Waals surface area contributed by atoms with E-state index >= 15 is 0 Å². The number of ether oxygens (including phenoxy) is 3. The number of rotatable bonds is 8. The van der Waals surface area contributed by atoms with Crippen LogP contribution in [0.5, 0.6) is 11.5 Å². The molecule has 0 bridgehead atoms. The maximum absolute atomic E-state index is 12.0. The largest absolute Gasteiger partial charge is 0.493 e. The molecule has 0 radical (unpaired) electrons. The Bertz CT molecular complexity index is 913. The van der Waals surface area contributed by atoms with Crippen molar-refractivity contribution in [3.63, 3.8) is 0 Å². The highest BCUT2D eigenvalue weighted by Crippen LogP contribution is 2.28. The molecule has 9 heteroatoms. The fourth-order valence-corrected chi connectivity index (χ4v) is 2.10. The van der Waals surface area contributed by atoms with Gasteiger partial charge in [-0.1, -0.05) is 11.2 Å². The molecular weight excluding hydrogens is 366 g/mol. The number of anilines is 1. The summed E-state index contributed by atoms with van der Waals surface area (Å²) >= 11 is 0. The summed E-state index contributed by atoms with van der Waals surface area (Å²) in [4.78, 5) is 23.9. The van der Waals surface area contributed by atoms with E-state index in [-0.39, 0.29) is 12.4 Å². The number of aromatic nitrogens is 1. The third kappa shape index (κ3) is 5.88. The molecule has 1 amide bonds. The van der Waals surface area contributed by atoms with Crippen molar-refractivity contribution in [1.82, 2.24) is 5.16 Å². The minimum absolute atomic E-state index is 0.105. The van der Waals surface area contributed by atoms with Crippen LogP contribution >= 0.6 is 0 Å². The van der Waals surface area contributed by atoms with Crippen molar-refractivity contribution in [3.05, 3.63) is 41.7 Å². The highest BCUT2D eigenvalue weighted by atomic mass is 16.5. The van der Waals surface area contributed by atoms with Gasteiger partial charge in [0.05, 0.1) is 7.11 Å². The highest BCUT2D eigenvalue weighted by molar-refractivity contribution is 5.96. The van der Waals surface area contributed by atoms with Crippen molar-refractivity contribution >= 4 is 23.8 Å². The Balaban J connectivity index is 1.93. The van der Waals surface area contributed by atoms with E-state index < -0.39 is 18.0 Å². The van der Waals surface area contributed by atoms with Gasteiger partial charge in [0, 0.05) is 12.1 Å². The molecule has 0 aliphatic carbocycles. The number of methoxy groups -OCH3 is 1. The van der Waals surface area contributed by atoms with Crippen molar-refractivity contribution in [3.8, 4) is 17.6 Å². The van der Waals surface area contributed by atoms with Gasteiger partial charge in [0.2, 0.25) is 0 Å². The van der Waals surface area contributed by atoms with Crippen molar-refractivity contribution in [1.29, 1.82) is 5.26 Å². The molecule has 0 saturated carbocycles. The average molecular weight is 385 g/mol. The lowest BCUT2D eigenvalue weighted by Gasteiger charge is -2.11. The SMILES string of the molecule is COc1cc(/C=C/C(=O)O[C@H](C)C(=O)Nc2cc(C)on2)ccc1OCC#N. The molecule has 1 N–H and O–H groups in total. The van der Waals surface area contributed by atoms with Gasteiger partial charge in [-0.05, 0) is 37.6 Å². The quantitative estimate of drug-likeness (QED) is 0.543. The van der Waals surface area contributed by atoms with Crippen LogP contribution < -0.4 is 14.8 Å². The number of hydrogen-bond donors (Lipinski definition) is 1. The number of nitriles is 1. The first-order valence-corrected chi connectivity index (χ1v) is 8.23. The lowest BCUT2D eigenvalue weighted by molar-refractivity contribution is -0.148. The standard InChI is InChI=1S/C19H19N3O6/c1-12-10-17(22-28-12)21-19(24)13(2)27-18(23)7-5-14-4-6-15(26-9-8-20)16(11-14)25-3/h4-7,10-11,13H,9H2,1-3H3,(H,21,22,24)/b7-5+/t13-/m1/s1. The fourth-order valence-electron chi connectivity index (χ4n) is 2.10. The van der Waals surface area contributed by atoms with Crippen molar-refractivity contribution in [2.24, 2.45) is 0 Å². The van der Waals surface area contributed by atoms with Gasteiger partial charge >= 0.3 is 5.97 Å². The van der Waals surface area contributed by atoms with Crippen LogP contribution in [0.25, 0.3) is 6.08 Å². The number of aryl methyl sites for hydroxylation is 1. The van der Waals surface area contributed by atoms with Gasteiger partial charge in [0.1, 0.15) is 11.8 Å². The van der Waals surface area contributed by atoms with E-state index in [1.807, 2.05) is 6.07 Å². The number of benzene rings is 1. The molecule has 2 aromatic rings. The molecule has 1 aromatic heterocycles. The normalized spacial score (nSPS) is 11.5. The smallest absolute Gasteiger partial charge is 0.331 e. The Morgan fingerprint density at radius 2 is 2.14 bits per heavy atom. The summed E-state index contributed by atoms with van der Waals surface area (Å²) in [5.74, 6) is 0.395. The van der Waals surface area contributed by atoms with E-state index in [4.69, 9.17) is 24.0 Å². The van der Waals surface area contributed by atoms with E-state index in [1.54, 1.807) is 31.2 Å². The summed E-state index contributed by atoms with van der Waals surface area (Å²) in [5, 5.41) is 14.7. The van der Waals surface area contributed by atoms with Gasteiger partial charge in [0.15, 0.2) is 30.0 Å². The Morgan fingerprint density at radius 1 is 1.36 bits per heavy atom. The first-order chi connectivity index (χ1) is 13.4. The van der Waals surface area contributed by atoms with E-state index in [9.17, 15) is 9.59 Å². The predicted molar refractivity (Wildman–Crippen MR) is 98.6 cm³/mol. The number of carbonyl (C=O) groups is 2. The third-order valence-corrected chi connectivity index (χ3v) is 3.43. The lowest BCUT2D eigenvalue weighted by atomic mass is 10.2. The number of nitrogens with zero attached hydrogens (tertiary/aromatic N) is 2. The number of carbonyl (C=O) groups excluding carboxylic acids is 2. The van der Waals surface area contributed by atoms with Gasteiger partial charge in [-0.25, -0.2) is 4.79 Å². The molecule has 0 unspecified atom stereocenters. The first-order valence-electron chi connectivity index (χ1n) is 8.23. The molecule has 0 fully saturated rings. The lowest BCUT2D eigenvalue weighted by Crippen LogP contribution is -2.29. The maximum atomic E-state index is 12.0. The van der Waals surface area contributed by atoms with Crippen LogP contribution in [0.1, 0.15) is 18.2 Å². The number of esters is 1. The zero-order valence-corrected chi connectivity index (χ0v) is 15.6. The Labute approximate surface area is 161 Å². The van der Waals surface area contributed by atoms with Gasteiger partial charge in [-0.2, -0.15) is 5.26 Å². The molecule has 1 atom stereocenters. The summed E-state index contributed by atoms with van der Waals surface area (Å²) in [6.07, 6.45) is 1.67. The van der Waals surface area contributed by atoms with E-state index in [0.29, 0.717) is 22.8 Å². The molecule has 1 aromatic carbocycles. The average Bonchev–Trinajstić information content (AvgIpc) is 3.09. The van der Waals surface area contributed by atoms with Crippen LogP contribution in [0.3, 0.4) is 0 Å². The molecular formula is C19H19N3O6. The van der Waals surface area contributed by atoms with Crippen LogP contribution in [0.2, 0.25) is 0 Å². The van der Waals surface area contributed by atoms with E-state index in [1.165, 1.54) is 26.2 Å². The van der Waals surface area contributed by atoms with Gasteiger partial charge in [0.25, 0.3) is 5.91 Å². The van der Waals surface area contributed by atoms with Crippen LogP contribution in [0.15, 0.2) is 34.9 Å². The van der Waals surface area contributed by atoms with Gasteiger partial charge in [-0.3, -0.25) is 4.79 Å². The molecule has 0 saturated heterocycles. The van der Waals surface area contributed by atoms with E-state index in [2.05, 4.69) is 10.5 Å². The molecule has 0 spiro atoms.